The van der Waals surface area contributed by atoms with Crippen molar-refractivity contribution in [1.29, 1.82) is 0 Å². The van der Waals surface area contributed by atoms with Gasteiger partial charge >= 0.3 is 0 Å². The molecule has 0 unspecified atom stereocenters. The molecule has 2 aromatic carbocycles. The average Bonchev–Trinajstić information content (AvgIpc) is 2.45. The number of phenolic OH excluding ortho intramolecular Hbond substituents is 1. The van der Waals surface area contributed by atoms with Gasteiger partial charge in [0, 0.05) is 5.56 Å². The molecular formula is C17H20O2. The Kier molecular flexibility index (Phi) is 4.85. The molecule has 0 heterocycles. The number of rotatable bonds is 6. The minimum absolute atomic E-state index is 0.286. The first kappa shape index (κ1) is 13.5. The van der Waals surface area contributed by atoms with Crippen LogP contribution in [0.25, 0.3) is 0 Å². The lowest BCUT2D eigenvalue weighted by Crippen LogP contribution is -1.99. The van der Waals surface area contributed by atoms with Crippen LogP contribution >= 0.6 is 0 Å². The van der Waals surface area contributed by atoms with E-state index >= 15 is 0 Å². The summed E-state index contributed by atoms with van der Waals surface area (Å²) in [6.07, 6.45) is 3.37. The maximum absolute atomic E-state index is 9.72. The smallest absolute Gasteiger partial charge is 0.123 e. The standard InChI is InChI=1S/C17H20O2/c1-2-3-8-14-9-5-7-12-17(14)19-13-15-10-4-6-11-16(15)18/h4-7,9-12,18H,2-3,8,13H2,1H3. The fourth-order valence-electron chi connectivity index (χ4n) is 2.01. The Labute approximate surface area is 114 Å². The minimum Gasteiger partial charge on any atom is -0.508 e. The van der Waals surface area contributed by atoms with E-state index in [1.54, 1.807) is 6.07 Å². The zero-order chi connectivity index (χ0) is 13.5. The van der Waals surface area contributed by atoms with Gasteiger partial charge in [0.05, 0.1) is 0 Å². The zero-order valence-electron chi connectivity index (χ0n) is 11.3. The molecule has 0 aromatic heterocycles. The van der Waals surface area contributed by atoms with Crippen LogP contribution in [-0.4, -0.2) is 5.11 Å². The summed E-state index contributed by atoms with van der Waals surface area (Å²) in [7, 11) is 0. The summed E-state index contributed by atoms with van der Waals surface area (Å²) in [5, 5.41) is 9.72. The van der Waals surface area contributed by atoms with Gasteiger partial charge in [-0.3, -0.25) is 0 Å². The van der Waals surface area contributed by atoms with E-state index in [0.29, 0.717) is 6.61 Å². The van der Waals surface area contributed by atoms with Crippen LogP contribution in [0.5, 0.6) is 11.5 Å². The molecule has 2 rings (SSSR count). The molecule has 0 atom stereocenters. The normalized spacial score (nSPS) is 10.4. The van der Waals surface area contributed by atoms with Crippen molar-refractivity contribution in [3.05, 3.63) is 59.7 Å². The summed E-state index contributed by atoms with van der Waals surface area (Å²) in [6, 6.07) is 15.4. The molecule has 0 bridgehead atoms. The molecule has 0 aliphatic rings. The number of phenols is 1. The van der Waals surface area contributed by atoms with Crippen molar-refractivity contribution in [2.75, 3.05) is 0 Å². The van der Waals surface area contributed by atoms with Crippen LogP contribution in [0.1, 0.15) is 30.9 Å². The predicted molar refractivity (Wildman–Crippen MR) is 77.5 cm³/mol. The van der Waals surface area contributed by atoms with Crippen LogP contribution in [0.2, 0.25) is 0 Å². The van der Waals surface area contributed by atoms with Gasteiger partial charge in [0.15, 0.2) is 0 Å². The first-order valence-electron chi connectivity index (χ1n) is 6.79. The van der Waals surface area contributed by atoms with Crippen molar-refractivity contribution in [3.63, 3.8) is 0 Å². The summed E-state index contributed by atoms with van der Waals surface area (Å²) < 4.78 is 5.84. The van der Waals surface area contributed by atoms with Gasteiger partial charge in [-0.05, 0) is 30.5 Å². The zero-order valence-corrected chi connectivity index (χ0v) is 11.3. The highest BCUT2D eigenvalue weighted by Crippen LogP contribution is 2.23. The average molecular weight is 256 g/mol. The molecule has 2 nitrogen and oxygen atoms in total. The Morgan fingerprint density at radius 1 is 0.947 bits per heavy atom. The quantitative estimate of drug-likeness (QED) is 0.834. The molecular weight excluding hydrogens is 236 g/mol. The third-order valence-corrected chi connectivity index (χ3v) is 3.15. The fourth-order valence-corrected chi connectivity index (χ4v) is 2.01. The molecule has 1 N–H and O–H groups in total. The Morgan fingerprint density at radius 3 is 2.37 bits per heavy atom. The minimum atomic E-state index is 0.286. The fraction of sp³-hybridized carbons (Fsp3) is 0.294. The molecule has 0 fully saturated rings. The molecule has 2 heteroatoms. The molecule has 0 spiro atoms. The van der Waals surface area contributed by atoms with Crippen LogP contribution in [0.15, 0.2) is 48.5 Å². The largest absolute Gasteiger partial charge is 0.508 e. The summed E-state index contributed by atoms with van der Waals surface area (Å²) in [5.41, 5.74) is 2.05. The van der Waals surface area contributed by atoms with Crippen LogP contribution in [0.3, 0.4) is 0 Å². The van der Waals surface area contributed by atoms with E-state index in [1.165, 1.54) is 12.0 Å². The van der Waals surface area contributed by atoms with Gasteiger partial charge in [-0.15, -0.1) is 0 Å². The van der Waals surface area contributed by atoms with E-state index in [9.17, 15) is 5.11 Å². The highest BCUT2D eigenvalue weighted by Gasteiger charge is 2.05. The van der Waals surface area contributed by atoms with Crippen molar-refractivity contribution in [3.8, 4) is 11.5 Å². The number of benzene rings is 2. The van der Waals surface area contributed by atoms with E-state index in [2.05, 4.69) is 13.0 Å². The van der Waals surface area contributed by atoms with Crippen molar-refractivity contribution in [2.24, 2.45) is 0 Å². The summed E-state index contributed by atoms with van der Waals surface area (Å²) >= 11 is 0. The van der Waals surface area contributed by atoms with Crippen molar-refractivity contribution < 1.29 is 9.84 Å². The van der Waals surface area contributed by atoms with E-state index in [-0.39, 0.29) is 5.75 Å². The van der Waals surface area contributed by atoms with Gasteiger partial charge < -0.3 is 9.84 Å². The molecule has 0 aliphatic heterocycles. The monoisotopic (exact) mass is 256 g/mol. The Hall–Kier alpha value is -1.96. The van der Waals surface area contributed by atoms with Crippen molar-refractivity contribution in [2.45, 2.75) is 32.8 Å². The second-order valence-electron chi connectivity index (χ2n) is 4.63. The first-order valence-corrected chi connectivity index (χ1v) is 6.79. The molecule has 0 aliphatic carbocycles. The van der Waals surface area contributed by atoms with E-state index < -0.39 is 0 Å². The van der Waals surface area contributed by atoms with Gasteiger partial charge in [-0.2, -0.15) is 0 Å². The molecule has 0 radical (unpaired) electrons. The van der Waals surface area contributed by atoms with Gasteiger partial charge in [-0.1, -0.05) is 49.7 Å². The second kappa shape index (κ2) is 6.83. The third-order valence-electron chi connectivity index (χ3n) is 3.15. The first-order chi connectivity index (χ1) is 9.31. The van der Waals surface area contributed by atoms with Crippen LogP contribution < -0.4 is 4.74 Å². The highest BCUT2D eigenvalue weighted by atomic mass is 16.5. The number of ether oxygens (including phenoxy) is 1. The van der Waals surface area contributed by atoms with Gasteiger partial charge in [0.2, 0.25) is 0 Å². The second-order valence-corrected chi connectivity index (χ2v) is 4.63. The topological polar surface area (TPSA) is 29.5 Å². The summed E-state index contributed by atoms with van der Waals surface area (Å²) in [6.45, 7) is 2.58. The summed E-state index contributed by atoms with van der Waals surface area (Å²) in [5.74, 6) is 1.20. The van der Waals surface area contributed by atoms with E-state index in [0.717, 1.165) is 24.2 Å². The SMILES string of the molecule is CCCCc1ccccc1OCc1ccccc1O. The van der Waals surface area contributed by atoms with Crippen molar-refractivity contribution >= 4 is 0 Å². The number of para-hydroxylation sites is 2. The number of aryl methyl sites for hydroxylation is 1. The molecule has 0 amide bonds. The highest BCUT2D eigenvalue weighted by molar-refractivity contribution is 5.35. The Balaban J connectivity index is 2.05. The summed E-state index contributed by atoms with van der Waals surface area (Å²) in [4.78, 5) is 0. The Bertz CT molecular complexity index is 520. The van der Waals surface area contributed by atoms with E-state index in [1.807, 2.05) is 36.4 Å². The molecule has 0 saturated carbocycles. The third kappa shape index (κ3) is 3.75. The maximum Gasteiger partial charge on any atom is 0.123 e. The number of hydrogen-bond donors (Lipinski definition) is 1. The molecule has 0 saturated heterocycles. The lowest BCUT2D eigenvalue weighted by Gasteiger charge is -2.12. The van der Waals surface area contributed by atoms with Crippen LogP contribution in [0.4, 0.5) is 0 Å². The van der Waals surface area contributed by atoms with Gasteiger partial charge in [-0.25, -0.2) is 0 Å². The number of unbranched alkanes of at least 4 members (excludes halogenated alkanes) is 1. The van der Waals surface area contributed by atoms with E-state index in [4.69, 9.17) is 4.74 Å². The van der Waals surface area contributed by atoms with Crippen LogP contribution in [0, 0.1) is 0 Å². The number of aromatic hydroxyl groups is 1. The van der Waals surface area contributed by atoms with Crippen molar-refractivity contribution in [1.82, 2.24) is 0 Å². The van der Waals surface area contributed by atoms with Crippen LogP contribution in [-0.2, 0) is 13.0 Å². The Morgan fingerprint density at radius 2 is 1.63 bits per heavy atom. The predicted octanol–water partition coefficient (Wildman–Crippen LogP) is 4.31. The lowest BCUT2D eigenvalue weighted by molar-refractivity contribution is 0.296. The number of hydrogen-bond acceptors (Lipinski definition) is 2. The lowest BCUT2D eigenvalue weighted by atomic mass is 10.1. The van der Waals surface area contributed by atoms with Gasteiger partial charge in [0.1, 0.15) is 18.1 Å². The maximum atomic E-state index is 9.72. The molecule has 2 aromatic rings. The molecule has 100 valence electrons. The molecule has 19 heavy (non-hydrogen) atoms. The van der Waals surface area contributed by atoms with Gasteiger partial charge in [0.25, 0.3) is 0 Å².